The van der Waals surface area contributed by atoms with Gasteiger partial charge >= 0.3 is 6.03 Å². The van der Waals surface area contributed by atoms with E-state index in [0.29, 0.717) is 24.8 Å². The van der Waals surface area contributed by atoms with Gasteiger partial charge in [0.15, 0.2) is 5.12 Å². The fourth-order valence-corrected chi connectivity index (χ4v) is 3.24. The lowest BCUT2D eigenvalue weighted by molar-refractivity contribution is -0.120. The maximum absolute atomic E-state index is 12.8. The Hall–Kier alpha value is -2.02. The summed E-state index contributed by atoms with van der Waals surface area (Å²) < 4.78 is 0. The molecule has 0 bridgehead atoms. The number of amides is 3. The molecule has 1 rings (SSSR count). The highest BCUT2D eigenvalue weighted by atomic mass is 32.2. The Morgan fingerprint density at radius 1 is 1.11 bits per heavy atom. The van der Waals surface area contributed by atoms with Gasteiger partial charge in [0.05, 0.1) is 0 Å². The Morgan fingerprint density at radius 2 is 1.74 bits per heavy atom. The minimum atomic E-state index is -0.804. The van der Waals surface area contributed by atoms with E-state index in [1.54, 1.807) is 4.90 Å². The average Bonchev–Trinajstić information content (AvgIpc) is 2.61. The van der Waals surface area contributed by atoms with Gasteiger partial charge in [-0.15, -0.1) is 0 Å². The lowest BCUT2D eigenvalue weighted by Crippen LogP contribution is -2.52. The molecule has 27 heavy (non-hydrogen) atoms. The maximum atomic E-state index is 12.8. The van der Waals surface area contributed by atoms with Crippen molar-refractivity contribution in [3.05, 3.63) is 35.9 Å². The highest BCUT2D eigenvalue weighted by Gasteiger charge is 2.28. The van der Waals surface area contributed by atoms with E-state index < -0.39 is 11.9 Å². The van der Waals surface area contributed by atoms with Crippen molar-refractivity contribution in [3.8, 4) is 0 Å². The largest absolute Gasteiger partial charge is 0.368 e. The SMILES string of the molecule is CC(=O)SCCN(CCC(C)C)C(=O)N[C@H](C(N)=O)C(C)c1ccccc1. The number of primary amides is 1. The molecule has 0 fully saturated rings. The van der Waals surface area contributed by atoms with Crippen LogP contribution in [0.15, 0.2) is 30.3 Å². The summed E-state index contributed by atoms with van der Waals surface area (Å²) >= 11 is 1.19. The van der Waals surface area contributed by atoms with Crippen molar-refractivity contribution in [1.29, 1.82) is 0 Å². The fourth-order valence-electron chi connectivity index (χ4n) is 2.64. The molecule has 0 spiro atoms. The Bertz CT molecular complexity index is 622. The average molecular weight is 394 g/mol. The number of carbonyl (C=O) groups is 3. The summed E-state index contributed by atoms with van der Waals surface area (Å²) in [6.45, 7) is 8.55. The van der Waals surface area contributed by atoms with Gasteiger partial charge in [0, 0.05) is 31.7 Å². The second kappa shape index (κ2) is 11.6. The van der Waals surface area contributed by atoms with Crippen LogP contribution in [0, 0.1) is 5.92 Å². The molecule has 6 nitrogen and oxygen atoms in total. The summed E-state index contributed by atoms with van der Waals surface area (Å²) in [5.41, 5.74) is 6.50. The molecule has 0 saturated carbocycles. The zero-order valence-corrected chi connectivity index (χ0v) is 17.4. The summed E-state index contributed by atoms with van der Waals surface area (Å²) in [7, 11) is 0. The molecule has 0 aromatic heterocycles. The van der Waals surface area contributed by atoms with Crippen LogP contribution in [0.3, 0.4) is 0 Å². The molecule has 3 amide bonds. The number of hydrogen-bond donors (Lipinski definition) is 2. The molecule has 150 valence electrons. The highest BCUT2D eigenvalue weighted by Crippen LogP contribution is 2.19. The van der Waals surface area contributed by atoms with Crippen LogP contribution < -0.4 is 11.1 Å². The van der Waals surface area contributed by atoms with Gasteiger partial charge in [-0.1, -0.05) is 62.9 Å². The van der Waals surface area contributed by atoms with E-state index in [9.17, 15) is 14.4 Å². The fraction of sp³-hybridized carbons (Fsp3) is 0.550. The predicted molar refractivity (Wildman–Crippen MR) is 111 cm³/mol. The minimum Gasteiger partial charge on any atom is -0.368 e. The molecule has 1 aromatic carbocycles. The number of rotatable bonds is 10. The van der Waals surface area contributed by atoms with E-state index in [1.165, 1.54) is 18.7 Å². The number of nitrogens with zero attached hydrogens (tertiary/aromatic N) is 1. The van der Waals surface area contributed by atoms with Crippen molar-refractivity contribution in [2.75, 3.05) is 18.8 Å². The number of nitrogens with one attached hydrogen (secondary N) is 1. The zero-order valence-electron chi connectivity index (χ0n) is 16.6. The molecule has 1 aromatic rings. The van der Waals surface area contributed by atoms with E-state index in [-0.39, 0.29) is 17.1 Å². The number of thioether (sulfide) groups is 1. The molecule has 2 atom stereocenters. The monoisotopic (exact) mass is 393 g/mol. The van der Waals surface area contributed by atoms with Crippen molar-refractivity contribution < 1.29 is 14.4 Å². The van der Waals surface area contributed by atoms with Gasteiger partial charge in [-0.05, 0) is 17.9 Å². The summed E-state index contributed by atoms with van der Waals surface area (Å²) in [6, 6.07) is 8.36. The Labute approximate surface area is 166 Å². The first-order chi connectivity index (χ1) is 12.7. The van der Waals surface area contributed by atoms with Crippen LogP contribution in [-0.2, 0) is 9.59 Å². The second-order valence-corrected chi connectivity index (χ2v) is 8.31. The third-order valence-electron chi connectivity index (χ3n) is 4.34. The number of benzene rings is 1. The number of urea groups is 1. The first kappa shape index (κ1) is 23.0. The molecule has 0 saturated heterocycles. The van der Waals surface area contributed by atoms with Crippen molar-refractivity contribution in [1.82, 2.24) is 10.2 Å². The van der Waals surface area contributed by atoms with Gasteiger partial charge in [0.2, 0.25) is 5.91 Å². The highest BCUT2D eigenvalue weighted by molar-refractivity contribution is 8.13. The van der Waals surface area contributed by atoms with Crippen LogP contribution in [0.1, 0.15) is 45.6 Å². The van der Waals surface area contributed by atoms with Gasteiger partial charge in [-0.2, -0.15) is 0 Å². The van der Waals surface area contributed by atoms with Crippen LogP contribution in [0.5, 0.6) is 0 Å². The molecule has 1 unspecified atom stereocenters. The van der Waals surface area contributed by atoms with E-state index >= 15 is 0 Å². The second-order valence-electron chi connectivity index (χ2n) is 7.04. The van der Waals surface area contributed by atoms with Crippen LogP contribution in [-0.4, -0.2) is 46.8 Å². The minimum absolute atomic E-state index is 0.0203. The lowest BCUT2D eigenvalue weighted by Gasteiger charge is -2.28. The lowest BCUT2D eigenvalue weighted by atomic mass is 9.93. The van der Waals surface area contributed by atoms with E-state index in [1.807, 2.05) is 37.3 Å². The summed E-state index contributed by atoms with van der Waals surface area (Å²) in [5.74, 6) is 0.153. The first-order valence-electron chi connectivity index (χ1n) is 9.25. The Morgan fingerprint density at radius 3 is 2.26 bits per heavy atom. The van der Waals surface area contributed by atoms with Crippen molar-refractivity contribution in [3.63, 3.8) is 0 Å². The molecular weight excluding hydrogens is 362 g/mol. The van der Waals surface area contributed by atoms with Crippen LogP contribution in [0.2, 0.25) is 0 Å². The molecule has 0 aliphatic carbocycles. The van der Waals surface area contributed by atoms with Crippen molar-refractivity contribution in [2.45, 2.75) is 46.1 Å². The van der Waals surface area contributed by atoms with Crippen molar-refractivity contribution >= 4 is 28.8 Å². The smallest absolute Gasteiger partial charge is 0.318 e. The van der Waals surface area contributed by atoms with E-state index in [0.717, 1.165) is 12.0 Å². The third kappa shape index (κ3) is 8.47. The predicted octanol–water partition coefficient (Wildman–Crippen LogP) is 2.98. The van der Waals surface area contributed by atoms with Gasteiger partial charge in [-0.3, -0.25) is 9.59 Å². The van der Waals surface area contributed by atoms with Gasteiger partial charge < -0.3 is 16.0 Å². The zero-order chi connectivity index (χ0) is 20.4. The molecule has 7 heteroatoms. The Balaban J connectivity index is 2.83. The third-order valence-corrected chi connectivity index (χ3v) is 5.13. The standard InChI is InChI=1S/C20H31N3O3S/c1-14(2)10-11-23(12-13-27-16(4)24)20(26)22-18(19(21)25)15(3)17-8-6-5-7-9-17/h5-9,14-15,18H,10-13H2,1-4H3,(H2,21,25)(H,22,26)/t15?,18-/m0/s1. The summed E-state index contributed by atoms with van der Waals surface area (Å²) in [6.07, 6.45) is 0.841. The molecule has 0 aliphatic heterocycles. The van der Waals surface area contributed by atoms with Crippen LogP contribution in [0.25, 0.3) is 0 Å². The first-order valence-corrected chi connectivity index (χ1v) is 10.2. The number of nitrogens with two attached hydrogens (primary N) is 1. The molecule has 0 aliphatic rings. The van der Waals surface area contributed by atoms with Crippen molar-refractivity contribution in [2.24, 2.45) is 11.7 Å². The van der Waals surface area contributed by atoms with Crippen LogP contribution in [0.4, 0.5) is 4.79 Å². The Kier molecular flexibility index (Phi) is 9.93. The van der Waals surface area contributed by atoms with Gasteiger partial charge in [0.1, 0.15) is 6.04 Å². The molecular formula is C20H31N3O3S. The van der Waals surface area contributed by atoms with Gasteiger partial charge in [0.25, 0.3) is 0 Å². The maximum Gasteiger partial charge on any atom is 0.318 e. The number of hydrogen-bond acceptors (Lipinski definition) is 4. The topological polar surface area (TPSA) is 92.5 Å². The quantitative estimate of drug-likeness (QED) is 0.639. The number of carbonyl (C=O) groups excluding carboxylic acids is 3. The van der Waals surface area contributed by atoms with Crippen LogP contribution >= 0.6 is 11.8 Å². The summed E-state index contributed by atoms with van der Waals surface area (Å²) in [5, 5.41) is 2.82. The molecule has 3 N–H and O–H groups in total. The van der Waals surface area contributed by atoms with E-state index in [2.05, 4.69) is 19.2 Å². The molecule has 0 radical (unpaired) electrons. The van der Waals surface area contributed by atoms with Gasteiger partial charge in [-0.25, -0.2) is 4.79 Å². The molecule has 0 heterocycles. The van der Waals surface area contributed by atoms with E-state index in [4.69, 9.17) is 5.73 Å². The summed E-state index contributed by atoms with van der Waals surface area (Å²) in [4.78, 5) is 37.6. The normalized spacial score (nSPS) is 13.1.